The number of nitrogens with two attached hydrogens (primary N) is 1. The maximum absolute atomic E-state index is 12.6. The molecule has 55 heavy (non-hydrogen) atoms. The minimum atomic E-state index is -4.40. The van der Waals surface area contributed by atoms with Crippen LogP contribution in [0.4, 0.5) is 0 Å². The maximum atomic E-state index is 12.6. The lowest BCUT2D eigenvalue weighted by Gasteiger charge is -2.19. The van der Waals surface area contributed by atoms with E-state index >= 15 is 0 Å². The average Bonchev–Trinajstić information content (AvgIpc) is 3.17. The van der Waals surface area contributed by atoms with Crippen molar-refractivity contribution in [3.05, 3.63) is 97.2 Å². The van der Waals surface area contributed by atoms with Gasteiger partial charge in [-0.1, -0.05) is 150 Å². The Kier molecular flexibility index (Phi) is 38.3. The Morgan fingerprint density at radius 1 is 0.545 bits per heavy atom. The SMILES string of the molecule is CC/C=C\C/C=C\C/C=C\C/C=C\CCCCCCCCCCC(=O)OC(COC(=O)CC/C=C\C/C=C\C/C=C\C/C=C\CC)COP(=O)(O)OCCN. The Hall–Kier alpha value is -3.07. The number of hydrogen-bond donors (Lipinski definition) is 2. The van der Waals surface area contributed by atoms with Gasteiger partial charge < -0.3 is 20.1 Å². The minimum Gasteiger partial charge on any atom is -0.462 e. The summed E-state index contributed by atoms with van der Waals surface area (Å²) in [7, 11) is -4.40. The van der Waals surface area contributed by atoms with Crippen LogP contribution < -0.4 is 5.73 Å². The van der Waals surface area contributed by atoms with Gasteiger partial charge in [0.1, 0.15) is 6.61 Å². The van der Waals surface area contributed by atoms with E-state index in [-0.39, 0.29) is 32.6 Å². The molecule has 0 aliphatic carbocycles. The molecule has 3 N–H and O–H groups in total. The zero-order valence-electron chi connectivity index (χ0n) is 34.1. The summed E-state index contributed by atoms with van der Waals surface area (Å²) < 4.78 is 32.6. The lowest BCUT2D eigenvalue weighted by atomic mass is 10.1. The Morgan fingerprint density at radius 2 is 0.982 bits per heavy atom. The van der Waals surface area contributed by atoms with E-state index in [0.29, 0.717) is 12.8 Å². The summed E-state index contributed by atoms with van der Waals surface area (Å²) in [6.45, 7) is 3.38. The molecular weight excluding hydrogens is 713 g/mol. The van der Waals surface area contributed by atoms with Gasteiger partial charge in [0.2, 0.25) is 0 Å². The standard InChI is InChI=1S/C45H74NO8P/c1-3-5-7-9-11-13-15-17-18-19-20-21-22-23-24-26-28-30-32-34-36-38-45(48)54-43(42-53-55(49,50)52-40-39-46)41-51-44(47)37-35-33-31-29-27-25-16-14-12-10-8-6-4-2/h5-8,11-14,17-18,20-21,25,27,31,33,43H,3-4,9-10,15-16,19,22-24,26,28-30,32,34-42,46H2,1-2H3,(H,49,50)/b7-5-,8-6-,13-11-,14-12-,18-17-,21-20-,27-25-,33-31-. The summed E-state index contributed by atoms with van der Waals surface area (Å²) >= 11 is 0. The van der Waals surface area contributed by atoms with E-state index in [2.05, 4.69) is 98.9 Å². The van der Waals surface area contributed by atoms with Crippen LogP contribution in [-0.4, -0.2) is 49.3 Å². The van der Waals surface area contributed by atoms with Gasteiger partial charge in [-0.05, 0) is 77.0 Å². The van der Waals surface area contributed by atoms with Crippen LogP contribution in [0.25, 0.3) is 0 Å². The number of allylic oxidation sites excluding steroid dienone is 16. The van der Waals surface area contributed by atoms with Crippen molar-refractivity contribution in [1.82, 2.24) is 0 Å². The summed E-state index contributed by atoms with van der Waals surface area (Å²) in [6, 6.07) is 0. The molecule has 0 radical (unpaired) electrons. The second-order valence-electron chi connectivity index (χ2n) is 13.1. The fourth-order valence-corrected chi connectivity index (χ4v) is 5.76. The third-order valence-corrected chi connectivity index (χ3v) is 8.96. The molecule has 2 unspecified atom stereocenters. The number of unbranched alkanes of at least 4 members (excludes halogenated alkanes) is 8. The van der Waals surface area contributed by atoms with E-state index in [9.17, 15) is 19.0 Å². The molecule has 10 heteroatoms. The maximum Gasteiger partial charge on any atom is 0.472 e. The smallest absolute Gasteiger partial charge is 0.462 e. The van der Waals surface area contributed by atoms with E-state index in [0.717, 1.165) is 77.0 Å². The molecule has 0 aromatic heterocycles. The second-order valence-corrected chi connectivity index (χ2v) is 14.5. The number of ether oxygens (including phenoxy) is 2. The highest BCUT2D eigenvalue weighted by atomic mass is 31.2. The number of carbonyl (C=O) groups is 2. The summed E-state index contributed by atoms with van der Waals surface area (Å²) in [4.78, 5) is 34.8. The topological polar surface area (TPSA) is 134 Å². The third-order valence-electron chi connectivity index (χ3n) is 7.98. The summed E-state index contributed by atoms with van der Waals surface area (Å²) in [5.41, 5.74) is 5.34. The molecule has 0 spiro atoms. The zero-order valence-corrected chi connectivity index (χ0v) is 35.0. The molecule has 0 aliphatic heterocycles. The van der Waals surface area contributed by atoms with E-state index in [1.807, 2.05) is 12.2 Å². The van der Waals surface area contributed by atoms with Crippen LogP contribution in [0, 0.1) is 0 Å². The van der Waals surface area contributed by atoms with Gasteiger partial charge in [-0.15, -0.1) is 0 Å². The average molecular weight is 788 g/mol. The predicted molar refractivity (Wildman–Crippen MR) is 228 cm³/mol. The predicted octanol–water partition coefficient (Wildman–Crippen LogP) is 11.8. The first-order valence-electron chi connectivity index (χ1n) is 20.7. The van der Waals surface area contributed by atoms with E-state index in [4.69, 9.17) is 24.3 Å². The molecule has 0 bridgehead atoms. The third kappa shape index (κ3) is 40.4. The van der Waals surface area contributed by atoms with Crippen molar-refractivity contribution in [3.8, 4) is 0 Å². The Bertz CT molecular complexity index is 1220. The van der Waals surface area contributed by atoms with Crippen LogP contribution in [0.3, 0.4) is 0 Å². The molecule has 0 aliphatic rings. The monoisotopic (exact) mass is 788 g/mol. The van der Waals surface area contributed by atoms with Gasteiger partial charge >= 0.3 is 19.8 Å². The normalized spacial score (nSPS) is 14.3. The van der Waals surface area contributed by atoms with Crippen LogP contribution in [0.1, 0.15) is 142 Å². The van der Waals surface area contributed by atoms with Crippen LogP contribution >= 0.6 is 7.82 Å². The van der Waals surface area contributed by atoms with Gasteiger partial charge in [0.05, 0.1) is 13.2 Å². The Balaban J connectivity index is 4.26. The number of phosphoric ester groups is 1. The van der Waals surface area contributed by atoms with E-state index in [1.54, 1.807) is 0 Å². The lowest BCUT2D eigenvalue weighted by molar-refractivity contribution is -0.161. The van der Waals surface area contributed by atoms with Crippen molar-refractivity contribution in [2.75, 3.05) is 26.4 Å². The van der Waals surface area contributed by atoms with Crippen LogP contribution in [-0.2, 0) is 32.7 Å². The van der Waals surface area contributed by atoms with Crippen molar-refractivity contribution < 1.29 is 37.6 Å². The first-order chi connectivity index (χ1) is 26.8. The summed E-state index contributed by atoms with van der Waals surface area (Å²) in [5.74, 6) is -0.944. The van der Waals surface area contributed by atoms with Gasteiger partial charge in [0.15, 0.2) is 6.10 Å². The number of esters is 2. The summed E-state index contributed by atoms with van der Waals surface area (Å²) in [6.07, 6.45) is 51.7. The van der Waals surface area contributed by atoms with Crippen LogP contribution in [0.2, 0.25) is 0 Å². The Morgan fingerprint density at radius 3 is 1.47 bits per heavy atom. The fraction of sp³-hybridized carbons (Fsp3) is 0.600. The first-order valence-corrected chi connectivity index (χ1v) is 22.2. The molecule has 0 saturated heterocycles. The molecule has 2 atom stereocenters. The number of phosphoric acid groups is 1. The van der Waals surface area contributed by atoms with Crippen LogP contribution in [0.5, 0.6) is 0 Å². The summed E-state index contributed by atoms with van der Waals surface area (Å²) in [5, 5.41) is 0. The van der Waals surface area contributed by atoms with Crippen molar-refractivity contribution in [2.24, 2.45) is 5.73 Å². The highest BCUT2D eigenvalue weighted by Crippen LogP contribution is 2.43. The van der Waals surface area contributed by atoms with Crippen molar-refractivity contribution in [3.63, 3.8) is 0 Å². The quantitative estimate of drug-likeness (QED) is 0.0273. The minimum absolute atomic E-state index is 0.0376. The molecule has 0 heterocycles. The molecular formula is C45H74NO8P. The molecule has 0 amide bonds. The number of carbonyl (C=O) groups excluding carboxylic acids is 2. The van der Waals surface area contributed by atoms with Gasteiger partial charge in [-0.2, -0.15) is 0 Å². The molecule has 0 aromatic carbocycles. The molecule has 0 aromatic rings. The lowest BCUT2D eigenvalue weighted by Crippen LogP contribution is -2.29. The van der Waals surface area contributed by atoms with E-state index < -0.39 is 32.5 Å². The van der Waals surface area contributed by atoms with Crippen molar-refractivity contribution in [2.45, 2.75) is 148 Å². The van der Waals surface area contributed by atoms with Crippen molar-refractivity contribution in [1.29, 1.82) is 0 Å². The molecule has 0 fully saturated rings. The van der Waals surface area contributed by atoms with Crippen molar-refractivity contribution >= 4 is 19.8 Å². The Labute approximate surface area is 334 Å². The molecule has 0 saturated carbocycles. The van der Waals surface area contributed by atoms with Gasteiger partial charge in [-0.25, -0.2) is 4.57 Å². The molecule has 0 rings (SSSR count). The van der Waals surface area contributed by atoms with Gasteiger partial charge in [0, 0.05) is 19.4 Å². The van der Waals surface area contributed by atoms with E-state index in [1.165, 1.54) is 25.7 Å². The first kappa shape index (κ1) is 51.9. The highest BCUT2D eigenvalue weighted by molar-refractivity contribution is 7.47. The highest BCUT2D eigenvalue weighted by Gasteiger charge is 2.25. The van der Waals surface area contributed by atoms with Gasteiger partial charge in [0.25, 0.3) is 0 Å². The molecule has 9 nitrogen and oxygen atoms in total. The number of rotatable bonds is 37. The zero-order chi connectivity index (χ0) is 40.3. The molecule has 312 valence electrons. The fourth-order valence-electron chi connectivity index (χ4n) is 4.99. The largest absolute Gasteiger partial charge is 0.472 e. The van der Waals surface area contributed by atoms with Crippen LogP contribution in [0.15, 0.2) is 97.2 Å². The number of hydrogen-bond acceptors (Lipinski definition) is 8. The second kappa shape index (κ2) is 40.6. The van der Waals surface area contributed by atoms with Gasteiger partial charge in [-0.3, -0.25) is 18.6 Å².